The van der Waals surface area contributed by atoms with Gasteiger partial charge in [-0.05, 0) is 48.7 Å². The number of nitrogens with zero attached hydrogens (tertiary/aromatic N) is 2. The maximum atomic E-state index is 13.2. The molecule has 0 saturated heterocycles. The van der Waals surface area contributed by atoms with Crippen LogP contribution < -0.4 is 10.6 Å². The Hall–Kier alpha value is -3.58. The molecule has 206 valence electrons. The van der Waals surface area contributed by atoms with E-state index in [0.717, 1.165) is 21.3 Å². The Morgan fingerprint density at radius 2 is 1.72 bits per heavy atom. The second-order valence-electron chi connectivity index (χ2n) is 9.09. The number of rotatable bonds is 8. The third-order valence-corrected chi connectivity index (χ3v) is 9.19. The molecule has 2 heterocycles. The highest BCUT2D eigenvalue weighted by Gasteiger charge is 2.30. The van der Waals surface area contributed by atoms with Crippen LogP contribution in [0.3, 0.4) is 0 Å². The smallest absolute Gasteiger partial charge is 0.414 e. The minimum atomic E-state index is -3.64. The maximum absolute atomic E-state index is 13.2. The molecule has 1 aromatic heterocycles. The predicted molar refractivity (Wildman–Crippen MR) is 148 cm³/mol. The second-order valence-corrected chi connectivity index (χ2v) is 12.4. The van der Waals surface area contributed by atoms with Gasteiger partial charge in [0, 0.05) is 44.2 Å². The zero-order chi connectivity index (χ0) is 28.2. The van der Waals surface area contributed by atoms with Gasteiger partial charge in [-0.1, -0.05) is 30.3 Å². The normalized spacial score (nSPS) is 13.5. The van der Waals surface area contributed by atoms with Gasteiger partial charge in [0.2, 0.25) is 10.0 Å². The number of sulfonamides is 1. The molecule has 4 rings (SSSR count). The first kappa shape index (κ1) is 28.4. The number of hydrogen-bond donors (Lipinski definition) is 2. The van der Waals surface area contributed by atoms with Crippen molar-refractivity contribution in [3.8, 4) is 0 Å². The van der Waals surface area contributed by atoms with E-state index in [2.05, 4.69) is 27.7 Å². The third kappa shape index (κ3) is 6.53. The fourth-order valence-electron chi connectivity index (χ4n) is 4.25. The molecule has 3 amide bonds. The van der Waals surface area contributed by atoms with E-state index in [0.29, 0.717) is 24.5 Å². The fraction of sp³-hybridized carbons (Fsp3) is 0.296. The first-order valence-electron chi connectivity index (χ1n) is 12.3. The molecule has 0 atom stereocenters. The molecule has 10 nitrogen and oxygen atoms in total. The highest BCUT2D eigenvalue weighted by molar-refractivity contribution is 7.89. The average Bonchev–Trinajstić information content (AvgIpc) is 3.26. The summed E-state index contributed by atoms with van der Waals surface area (Å²) in [4.78, 5) is 41.5. The lowest BCUT2D eigenvalue weighted by Gasteiger charge is -2.27. The number of anilines is 1. The summed E-state index contributed by atoms with van der Waals surface area (Å²) >= 11 is 1.29. The summed E-state index contributed by atoms with van der Waals surface area (Å²) in [5.74, 6) is -1.15. The van der Waals surface area contributed by atoms with Gasteiger partial charge in [0.15, 0.2) is 0 Å². The van der Waals surface area contributed by atoms with Gasteiger partial charge in [-0.3, -0.25) is 19.8 Å². The summed E-state index contributed by atoms with van der Waals surface area (Å²) in [7, 11) is -0.782. The highest BCUT2D eigenvalue weighted by atomic mass is 32.2. The van der Waals surface area contributed by atoms with Crippen LogP contribution in [-0.4, -0.2) is 62.8 Å². The lowest BCUT2D eigenvalue weighted by atomic mass is 10.0. The van der Waals surface area contributed by atoms with Gasteiger partial charge in [0.05, 0.1) is 17.1 Å². The second kappa shape index (κ2) is 12.1. The lowest BCUT2D eigenvalue weighted by Crippen LogP contribution is -2.34. The number of benzene rings is 2. The Morgan fingerprint density at radius 1 is 1.03 bits per heavy atom. The van der Waals surface area contributed by atoms with Crippen LogP contribution >= 0.6 is 11.3 Å². The number of alkyl carbamates (subject to hydrolysis) is 1. The minimum Gasteiger partial charge on any atom is -0.450 e. The number of imide groups is 1. The minimum absolute atomic E-state index is 0.0589. The zero-order valence-corrected chi connectivity index (χ0v) is 23.5. The number of hydrogen-bond acceptors (Lipinski definition) is 8. The Bertz CT molecular complexity index is 1470. The van der Waals surface area contributed by atoms with E-state index in [-0.39, 0.29) is 22.6 Å². The monoisotopic (exact) mass is 570 g/mol. The summed E-state index contributed by atoms with van der Waals surface area (Å²) in [5.41, 5.74) is 2.42. The molecule has 0 aliphatic carbocycles. The van der Waals surface area contributed by atoms with Crippen LogP contribution in [0.5, 0.6) is 0 Å². The van der Waals surface area contributed by atoms with Crippen molar-refractivity contribution < 1.29 is 27.5 Å². The summed E-state index contributed by atoms with van der Waals surface area (Å²) in [6.07, 6.45) is -0.295. The van der Waals surface area contributed by atoms with Crippen LogP contribution in [0.25, 0.3) is 0 Å². The predicted octanol–water partition coefficient (Wildman–Crippen LogP) is 3.70. The number of carbonyl (C=O) groups excluding carboxylic acids is 3. The van der Waals surface area contributed by atoms with Crippen molar-refractivity contribution in [1.29, 1.82) is 0 Å². The Balaban J connectivity index is 1.60. The van der Waals surface area contributed by atoms with E-state index in [1.54, 1.807) is 6.92 Å². The molecule has 0 saturated carbocycles. The summed E-state index contributed by atoms with van der Waals surface area (Å²) in [6, 6.07) is 15.6. The van der Waals surface area contributed by atoms with Crippen molar-refractivity contribution in [2.24, 2.45) is 0 Å². The van der Waals surface area contributed by atoms with Crippen LogP contribution in [0.4, 0.5) is 9.80 Å². The van der Waals surface area contributed by atoms with Crippen LogP contribution in [0.15, 0.2) is 59.5 Å². The van der Waals surface area contributed by atoms with Crippen LogP contribution in [0.1, 0.15) is 43.6 Å². The topological polar surface area (TPSA) is 125 Å². The Kier molecular flexibility index (Phi) is 8.80. The molecule has 0 fully saturated rings. The molecule has 2 N–H and O–H groups in total. The molecular formula is C27H30N4O6S2. The molecular weight excluding hydrogens is 540 g/mol. The summed E-state index contributed by atoms with van der Waals surface area (Å²) in [6.45, 7) is 3.78. The van der Waals surface area contributed by atoms with Crippen LogP contribution in [0.2, 0.25) is 0 Å². The first-order chi connectivity index (χ1) is 18.6. The molecule has 1 aliphatic heterocycles. The quantitative estimate of drug-likeness (QED) is 0.423. The number of fused-ring (bicyclic) bond motifs is 1. The number of ether oxygens (including phenoxy) is 1. The fourth-order valence-corrected chi connectivity index (χ4v) is 6.43. The number of carbonyl (C=O) groups is 3. The Morgan fingerprint density at radius 3 is 2.36 bits per heavy atom. The Labute approximate surface area is 231 Å². The standard InChI is InChI=1S/C27H30N4O6S2/c1-4-37-27(34)29-25(33)23-21-14-15-31(16-18-8-6-5-7-9-18)17-22(21)38-26(23)28-24(32)19-10-12-20(13-11-19)39(35,36)30(2)3/h5-13H,4,14-17H2,1-3H3,(H,28,32)(H,29,33,34). The highest BCUT2D eigenvalue weighted by Crippen LogP contribution is 2.38. The maximum Gasteiger partial charge on any atom is 0.414 e. The summed E-state index contributed by atoms with van der Waals surface area (Å²) < 4.78 is 30.7. The van der Waals surface area contributed by atoms with E-state index in [9.17, 15) is 22.8 Å². The van der Waals surface area contributed by atoms with Crippen molar-refractivity contribution >= 4 is 44.3 Å². The van der Waals surface area contributed by atoms with Crippen molar-refractivity contribution in [2.75, 3.05) is 32.6 Å². The zero-order valence-electron chi connectivity index (χ0n) is 21.9. The number of nitrogens with one attached hydrogen (secondary N) is 2. The molecule has 0 unspecified atom stereocenters. The van der Waals surface area contributed by atoms with Crippen molar-refractivity contribution in [3.63, 3.8) is 0 Å². The van der Waals surface area contributed by atoms with Crippen LogP contribution in [0, 0.1) is 0 Å². The third-order valence-electron chi connectivity index (χ3n) is 6.23. The van der Waals surface area contributed by atoms with Crippen molar-refractivity contribution in [2.45, 2.75) is 31.3 Å². The van der Waals surface area contributed by atoms with Gasteiger partial charge >= 0.3 is 6.09 Å². The van der Waals surface area contributed by atoms with Gasteiger partial charge in [0.1, 0.15) is 5.00 Å². The van der Waals surface area contributed by atoms with Gasteiger partial charge in [-0.2, -0.15) is 0 Å². The molecule has 39 heavy (non-hydrogen) atoms. The van der Waals surface area contributed by atoms with E-state index in [1.807, 2.05) is 18.2 Å². The molecule has 2 aromatic carbocycles. The molecule has 12 heteroatoms. The molecule has 3 aromatic rings. The number of thiophene rings is 1. The largest absolute Gasteiger partial charge is 0.450 e. The lowest BCUT2D eigenvalue weighted by molar-refractivity contribution is 0.0924. The van der Waals surface area contributed by atoms with Gasteiger partial charge in [0.25, 0.3) is 11.8 Å². The van der Waals surface area contributed by atoms with E-state index in [4.69, 9.17) is 4.74 Å². The van der Waals surface area contributed by atoms with Crippen LogP contribution in [-0.2, 0) is 34.3 Å². The first-order valence-corrected chi connectivity index (χ1v) is 14.6. The van der Waals surface area contributed by atoms with E-state index < -0.39 is 27.9 Å². The van der Waals surface area contributed by atoms with Gasteiger partial charge < -0.3 is 10.1 Å². The SMILES string of the molecule is CCOC(=O)NC(=O)c1c(NC(=O)c2ccc(S(=O)(=O)N(C)C)cc2)sc2c1CCN(Cc1ccccc1)C2. The van der Waals surface area contributed by atoms with E-state index in [1.165, 1.54) is 55.3 Å². The van der Waals surface area contributed by atoms with Crippen molar-refractivity contribution in [1.82, 2.24) is 14.5 Å². The van der Waals surface area contributed by atoms with Gasteiger partial charge in [-0.15, -0.1) is 11.3 Å². The van der Waals surface area contributed by atoms with Crippen molar-refractivity contribution in [3.05, 3.63) is 81.7 Å². The molecule has 0 spiro atoms. The molecule has 0 radical (unpaired) electrons. The van der Waals surface area contributed by atoms with E-state index >= 15 is 0 Å². The van der Waals surface area contributed by atoms with Gasteiger partial charge in [-0.25, -0.2) is 17.5 Å². The number of amides is 3. The molecule has 1 aliphatic rings. The average molecular weight is 571 g/mol. The molecule has 0 bridgehead atoms. The summed E-state index contributed by atoms with van der Waals surface area (Å²) in [5, 5.41) is 5.36.